The monoisotopic (exact) mass is 469 g/mol. The lowest BCUT2D eigenvalue weighted by atomic mass is 10.00. The van der Waals surface area contributed by atoms with Crippen molar-refractivity contribution in [2.24, 2.45) is 5.73 Å². The molecule has 1 saturated heterocycles. The molecule has 1 heterocycles. The maximum absolute atomic E-state index is 13.4. The molecule has 1 aliphatic heterocycles. The number of nitrogens with zero attached hydrogens (tertiary/aromatic N) is 1. The SMILES string of the molecule is N=C(N)c1ccc(C(=O)N2CCCC2C(=O)c2ccc(OCC(=O)O)cc2OCC(=O)O)cc1. The molecule has 0 aliphatic carbocycles. The second kappa shape index (κ2) is 10.5. The molecule has 1 amide bonds. The van der Waals surface area contributed by atoms with Gasteiger partial charge in [-0.05, 0) is 37.1 Å². The van der Waals surface area contributed by atoms with Gasteiger partial charge in [0.25, 0.3) is 5.91 Å². The number of aliphatic carboxylic acids is 2. The van der Waals surface area contributed by atoms with E-state index in [0.29, 0.717) is 30.5 Å². The summed E-state index contributed by atoms with van der Waals surface area (Å²) in [6, 6.07) is 9.37. The predicted octanol–water partition coefficient (Wildman–Crippen LogP) is 1.38. The van der Waals surface area contributed by atoms with Gasteiger partial charge in [-0.2, -0.15) is 0 Å². The average molecular weight is 469 g/mol. The number of ketones is 1. The number of carbonyl (C=O) groups is 4. The lowest BCUT2D eigenvalue weighted by Gasteiger charge is -2.24. The number of likely N-dealkylation sites (tertiary alicyclic amines) is 1. The van der Waals surface area contributed by atoms with Gasteiger partial charge in [-0.1, -0.05) is 12.1 Å². The van der Waals surface area contributed by atoms with E-state index in [-0.39, 0.29) is 28.8 Å². The number of nitrogens with one attached hydrogen (secondary N) is 1. The van der Waals surface area contributed by atoms with Crippen molar-refractivity contribution in [3.05, 3.63) is 59.2 Å². The van der Waals surface area contributed by atoms with Gasteiger partial charge in [-0.25, -0.2) is 9.59 Å². The molecule has 0 spiro atoms. The van der Waals surface area contributed by atoms with Crippen LogP contribution in [0, 0.1) is 5.41 Å². The van der Waals surface area contributed by atoms with Gasteiger partial charge in [0.2, 0.25) is 0 Å². The number of carboxylic acid groups (broad SMARTS) is 2. The van der Waals surface area contributed by atoms with Crippen LogP contribution in [0.25, 0.3) is 0 Å². The lowest BCUT2D eigenvalue weighted by molar-refractivity contribution is -0.140. The summed E-state index contributed by atoms with van der Waals surface area (Å²) in [7, 11) is 0. The Labute approximate surface area is 194 Å². The predicted molar refractivity (Wildman–Crippen MR) is 119 cm³/mol. The number of nitrogens with two attached hydrogens (primary N) is 1. The lowest BCUT2D eigenvalue weighted by Crippen LogP contribution is -2.40. The number of rotatable bonds is 10. The highest BCUT2D eigenvalue weighted by Crippen LogP contribution is 2.30. The first-order valence-electron chi connectivity index (χ1n) is 10.3. The van der Waals surface area contributed by atoms with Crippen LogP contribution >= 0.6 is 0 Å². The van der Waals surface area contributed by atoms with E-state index < -0.39 is 37.0 Å². The molecule has 34 heavy (non-hydrogen) atoms. The Bertz CT molecular complexity index is 1130. The molecule has 0 aromatic heterocycles. The van der Waals surface area contributed by atoms with Crippen molar-refractivity contribution in [3.8, 4) is 11.5 Å². The molecule has 1 unspecified atom stereocenters. The molecule has 11 heteroatoms. The summed E-state index contributed by atoms with van der Waals surface area (Å²) in [5.74, 6) is -3.38. The highest BCUT2D eigenvalue weighted by molar-refractivity contribution is 6.06. The number of Topliss-reactive ketones (excluding diaryl/α,β-unsaturated/α-hetero) is 1. The summed E-state index contributed by atoms with van der Waals surface area (Å²) in [4.78, 5) is 49.6. The number of carboxylic acids is 2. The van der Waals surface area contributed by atoms with Gasteiger partial charge in [-0.3, -0.25) is 15.0 Å². The molecule has 1 fully saturated rings. The maximum atomic E-state index is 13.4. The van der Waals surface area contributed by atoms with Gasteiger partial charge < -0.3 is 30.3 Å². The van der Waals surface area contributed by atoms with Crippen molar-refractivity contribution in [2.75, 3.05) is 19.8 Å². The largest absolute Gasteiger partial charge is 0.482 e. The minimum Gasteiger partial charge on any atom is -0.482 e. The first kappa shape index (κ1) is 24.2. The smallest absolute Gasteiger partial charge is 0.341 e. The molecule has 0 bridgehead atoms. The summed E-state index contributed by atoms with van der Waals surface area (Å²) in [5.41, 5.74) is 6.31. The van der Waals surface area contributed by atoms with E-state index in [1.165, 1.54) is 35.2 Å². The van der Waals surface area contributed by atoms with E-state index in [1.807, 2.05) is 0 Å². The van der Waals surface area contributed by atoms with Crippen molar-refractivity contribution >= 4 is 29.5 Å². The Kier molecular flexibility index (Phi) is 7.46. The summed E-state index contributed by atoms with van der Waals surface area (Å²) in [6.45, 7) is -0.994. The van der Waals surface area contributed by atoms with E-state index in [9.17, 15) is 19.2 Å². The maximum Gasteiger partial charge on any atom is 0.341 e. The van der Waals surface area contributed by atoms with Crippen molar-refractivity contribution in [3.63, 3.8) is 0 Å². The molecule has 0 radical (unpaired) electrons. The third kappa shape index (κ3) is 5.68. The Hall–Kier alpha value is -4.41. The minimum atomic E-state index is -1.26. The number of hydrogen-bond acceptors (Lipinski definition) is 7. The second-order valence-electron chi connectivity index (χ2n) is 7.53. The number of amidine groups is 1. The zero-order valence-electron chi connectivity index (χ0n) is 18.0. The number of carbonyl (C=O) groups excluding carboxylic acids is 2. The van der Waals surface area contributed by atoms with E-state index in [2.05, 4.69) is 0 Å². The van der Waals surface area contributed by atoms with Gasteiger partial charge in [-0.15, -0.1) is 0 Å². The fourth-order valence-electron chi connectivity index (χ4n) is 3.62. The van der Waals surface area contributed by atoms with Crippen LogP contribution in [0.2, 0.25) is 0 Å². The van der Waals surface area contributed by atoms with Crippen LogP contribution in [-0.4, -0.2) is 70.4 Å². The van der Waals surface area contributed by atoms with E-state index in [0.717, 1.165) is 0 Å². The van der Waals surface area contributed by atoms with Crippen LogP contribution in [0.5, 0.6) is 11.5 Å². The molecule has 2 aromatic rings. The molecular formula is C23H23N3O8. The number of benzene rings is 2. The highest BCUT2D eigenvalue weighted by atomic mass is 16.5. The van der Waals surface area contributed by atoms with Gasteiger partial charge in [0.15, 0.2) is 19.0 Å². The molecular weight excluding hydrogens is 446 g/mol. The van der Waals surface area contributed by atoms with Crippen LogP contribution in [0.1, 0.15) is 39.1 Å². The fourth-order valence-corrected chi connectivity index (χ4v) is 3.62. The van der Waals surface area contributed by atoms with Gasteiger partial charge in [0.05, 0.1) is 11.6 Å². The zero-order chi connectivity index (χ0) is 24.8. The summed E-state index contributed by atoms with van der Waals surface area (Å²) in [6.07, 6.45) is 1.00. The van der Waals surface area contributed by atoms with Crippen LogP contribution in [0.15, 0.2) is 42.5 Å². The molecule has 5 N–H and O–H groups in total. The van der Waals surface area contributed by atoms with Crippen molar-refractivity contribution in [1.29, 1.82) is 5.41 Å². The third-order valence-corrected chi connectivity index (χ3v) is 5.19. The molecule has 0 saturated carbocycles. The van der Waals surface area contributed by atoms with E-state index in [4.69, 9.17) is 30.8 Å². The second-order valence-corrected chi connectivity index (χ2v) is 7.53. The fraction of sp³-hybridized carbons (Fsp3) is 0.261. The first-order chi connectivity index (χ1) is 16.2. The van der Waals surface area contributed by atoms with Crippen molar-refractivity contribution < 1.29 is 38.9 Å². The van der Waals surface area contributed by atoms with Crippen LogP contribution < -0.4 is 15.2 Å². The highest BCUT2D eigenvalue weighted by Gasteiger charge is 2.36. The third-order valence-electron chi connectivity index (χ3n) is 5.19. The normalized spacial score (nSPS) is 14.9. The summed E-state index contributed by atoms with van der Waals surface area (Å²) >= 11 is 0. The van der Waals surface area contributed by atoms with Gasteiger partial charge >= 0.3 is 11.9 Å². The number of amides is 1. The van der Waals surface area contributed by atoms with Crippen LogP contribution in [-0.2, 0) is 9.59 Å². The quantitative estimate of drug-likeness (QED) is 0.227. The molecule has 1 atom stereocenters. The van der Waals surface area contributed by atoms with Crippen LogP contribution in [0.4, 0.5) is 0 Å². The van der Waals surface area contributed by atoms with Gasteiger partial charge in [0.1, 0.15) is 17.3 Å². The Morgan fingerprint density at radius 3 is 2.21 bits per heavy atom. The van der Waals surface area contributed by atoms with E-state index in [1.54, 1.807) is 12.1 Å². The Morgan fingerprint density at radius 1 is 0.971 bits per heavy atom. The van der Waals surface area contributed by atoms with Crippen LogP contribution in [0.3, 0.4) is 0 Å². The first-order valence-corrected chi connectivity index (χ1v) is 10.3. The molecule has 11 nitrogen and oxygen atoms in total. The van der Waals surface area contributed by atoms with Gasteiger partial charge in [0, 0.05) is 23.7 Å². The standard InChI is InChI=1S/C23H23N3O8/c24-22(25)13-3-5-14(6-4-13)23(32)26-9-1-2-17(26)21(31)16-8-7-15(33-11-19(27)28)10-18(16)34-12-20(29)30/h3-8,10,17H,1-2,9,11-12H2,(H3,24,25)(H,27,28)(H,29,30). The number of nitrogen functional groups attached to an aromatic ring is 1. The zero-order valence-corrected chi connectivity index (χ0v) is 18.0. The minimum absolute atomic E-state index is 0.0561. The molecule has 3 rings (SSSR count). The molecule has 2 aromatic carbocycles. The van der Waals surface area contributed by atoms with Crippen molar-refractivity contribution in [2.45, 2.75) is 18.9 Å². The topological polar surface area (TPSA) is 180 Å². The average Bonchev–Trinajstić information content (AvgIpc) is 3.30. The van der Waals surface area contributed by atoms with Crippen molar-refractivity contribution in [1.82, 2.24) is 4.90 Å². The van der Waals surface area contributed by atoms with E-state index >= 15 is 0 Å². The number of ether oxygens (including phenoxy) is 2. The summed E-state index contributed by atoms with van der Waals surface area (Å²) in [5, 5.41) is 25.2. The molecule has 178 valence electrons. The summed E-state index contributed by atoms with van der Waals surface area (Å²) < 4.78 is 10.4. The molecule has 1 aliphatic rings. The Balaban J connectivity index is 1.85. The number of hydrogen-bond donors (Lipinski definition) is 4. The Morgan fingerprint density at radius 2 is 1.59 bits per heavy atom.